The van der Waals surface area contributed by atoms with Gasteiger partial charge in [-0.2, -0.15) is 0 Å². The van der Waals surface area contributed by atoms with Crippen LogP contribution in [0.2, 0.25) is 0 Å². The second-order valence-corrected chi connectivity index (χ2v) is 4.18. The number of carboxylic acid groups (broad SMARTS) is 1. The number of nitrogens with zero attached hydrogens (tertiary/aromatic N) is 1. The van der Waals surface area contributed by atoms with Gasteiger partial charge < -0.3 is 10.0 Å². The molecule has 0 fully saturated rings. The Labute approximate surface area is 80.6 Å². The van der Waals surface area contributed by atoms with Gasteiger partial charge in [-0.1, -0.05) is 0 Å². The Hall–Kier alpha value is -1.03. The lowest BCUT2D eigenvalue weighted by Gasteiger charge is -2.15. The van der Waals surface area contributed by atoms with Crippen molar-refractivity contribution in [3.05, 3.63) is 21.9 Å². The summed E-state index contributed by atoms with van der Waals surface area (Å²) in [6, 6.07) is 2.03. The second kappa shape index (κ2) is 3.38. The lowest BCUT2D eigenvalue weighted by Crippen LogP contribution is -2.28. The predicted molar refractivity (Wildman–Crippen MR) is 51.1 cm³/mol. The number of hydrogen-bond donors (Lipinski definition) is 1. The van der Waals surface area contributed by atoms with Crippen molar-refractivity contribution in [2.75, 3.05) is 6.54 Å². The molecule has 13 heavy (non-hydrogen) atoms. The molecule has 1 aromatic rings. The van der Waals surface area contributed by atoms with Crippen LogP contribution in [0.4, 0.5) is 4.79 Å². The van der Waals surface area contributed by atoms with E-state index in [-0.39, 0.29) is 0 Å². The van der Waals surface area contributed by atoms with Crippen molar-refractivity contribution < 1.29 is 9.90 Å². The average Bonchev–Trinajstić information content (AvgIpc) is 2.42. The third-order valence-electron chi connectivity index (χ3n) is 2.30. The van der Waals surface area contributed by atoms with Crippen LogP contribution in [0, 0.1) is 0 Å². The fourth-order valence-corrected chi connectivity index (χ4v) is 2.55. The van der Waals surface area contributed by atoms with Crippen LogP contribution in [0.25, 0.3) is 0 Å². The highest BCUT2D eigenvalue weighted by molar-refractivity contribution is 7.10. The van der Waals surface area contributed by atoms with Crippen molar-refractivity contribution in [1.82, 2.24) is 4.90 Å². The minimum atomic E-state index is -0.806. The fourth-order valence-electron chi connectivity index (χ4n) is 1.61. The van der Waals surface area contributed by atoms with E-state index in [0.717, 1.165) is 12.8 Å². The molecule has 2 rings (SSSR count). The molecule has 0 aromatic carbocycles. The van der Waals surface area contributed by atoms with Crippen molar-refractivity contribution in [3.8, 4) is 0 Å². The summed E-state index contributed by atoms with van der Waals surface area (Å²) in [5.41, 5.74) is 1.19. The Morgan fingerprint density at radius 2 is 2.46 bits per heavy atom. The molecule has 0 atom stereocenters. The van der Waals surface area contributed by atoms with Gasteiger partial charge in [0.15, 0.2) is 0 Å². The van der Waals surface area contributed by atoms with Crippen molar-refractivity contribution in [2.45, 2.75) is 19.4 Å². The molecule has 70 valence electrons. The molecule has 0 saturated heterocycles. The van der Waals surface area contributed by atoms with Crippen LogP contribution < -0.4 is 0 Å². The van der Waals surface area contributed by atoms with Crippen molar-refractivity contribution >= 4 is 17.4 Å². The Kier molecular flexibility index (Phi) is 2.22. The van der Waals surface area contributed by atoms with Gasteiger partial charge in [0.2, 0.25) is 0 Å². The first-order chi connectivity index (χ1) is 6.27. The van der Waals surface area contributed by atoms with Crippen LogP contribution in [0.3, 0.4) is 0 Å². The highest BCUT2D eigenvalue weighted by Crippen LogP contribution is 2.23. The summed E-state index contributed by atoms with van der Waals surface area (Å²) in [6.07, 6.45) is 1.16. The number of fused-ring (bicyclic) bond motifs is 1. The van der Waals surface area contributed by atoms with Crippen LogP contribution >= 0.6 is 11.3 Å². The molecular formula is C9H11NO2S. The van der Waals surface area contributed by atoms with Gasteiger partial charge in [0.05, 0.1) is 6.54 Å². The highest BCUT2D eigenvalue weighted by Gasteiger charge is 2.18. The first kappa shape index (κ1) is 8.56. The number of carbonyl (C=O) groups is 1. The normalized spacial score (nSPS) is 16.5. The number of rotatable bonds is 0. The maximum absolute atomic E-state index is 10.8. The maximum atomic E-state index is 10.8. The molecule has 0 bridgehead atoms. The fraction of sp³-hybridized carbons (Fsp3) is 0.444. The summed E-state index contributed by atoms with van der Waals surface area (Å²) in [4.78, 5) is 13.6. The monoisotopic (exact) mass is 197 g/mol. The zero-order valence-electron chi connectivity index (χ0n) is 7.19. The van der Waals surface area contributed by atoms with Crippen LogP contribution in [0.1, 0.15) is 16.9 Å². The SMILES string of the molecule is O=C(O)N1CCCc2sccc2C1. The molecule has 4 heteroatoms. The van der Waals surface area contributed by atoms with E-state index in [1.54, 1.807) is 11.3 Å². The number of thiophene rings is 1. The molecule has 1 aliphatic rings. The summed E-state index contributed by atoms with van der Waals surface area (Å²) >= 11 is 1.73. The summed E-state index contributed by atoms with van der Waals surface area (Å²) < 4.78 is 0. The zero-order chi connectivity index (χ0) is 9.26. The van der Waals surface area contributed by atoms with E-state index in [4.69, 9.17) is 5.11 Å². The van der Waals surface area contributed by atoms with Gasteiger partial charge in [-0.3, -0.25) is 0 Å². The molecule has 0 unspecified atom stereocenters. The Bertz CT molecular complexity index is 321. The van der Waals surface area contributed by atoms with Crippen LogP contribution in [-0.2, 0) is 13.0 Å². The van der Waals surface area contributed by atoms with Gasteiger partial charge in [-0.15, -0.1) is 11.3 Å². The Morgan fingerprint density at radius 1 is 1.62 bits per heavy atom. The molecule has 1 N–H and O–H groups in total. The number of amides is 1. The molecule has 3 nitrogen and oxygen atoms in total. The molecule has 1 amide bonds. The molecule has 0 radical (unpaired) electrons. The quantitative estimate of drug-likeness (QED) is 0.692. The lowest BCUT2D eigenvalue weighted by atomic mass is 10.2. The zero-order valence-corrected chi connectivity index (χ0v) is 8.01. The summed E-state index contributed by atoms with van der Waals surface area (Å²) in [5, 5.41) is 10.9. The predicted octanol–water partition coefficient (Wildman–Crippen LogP) is 2.17. The lowest BCUT2D eigenvalue weighted by molar-refractivity contribution is 0.143. The Balaban J connectivity index is 2.21. The summed E-state index contributed by atoms with van der Waals surface area (Å²) in [6.45, 7) is 1.23. The van der Waals surface area contributed by atoms with Gasteiger partial charge in [0.1, 0.15) is 0 Å². The van der Waals surface area contributed by atoms with Crippen molar-refractivity contribution in [2.24, 2.45) is 0 Å². The largest absolute Gasteiger partial charge is 0.465 e. The molecule has 0 saturated carbocycles. The molecule has 2 heterocycles. The third kappa shape index (κ3) is 1.67. The number of hydrogen-bond acceptors (Lipinski definition) is 2. The van der Waals surface area contributed by atoms with E-state index < -0.39 is 6.09 Å². The van der Waals surface area contributed by atoms with Crippen molar-refractivity contribution in [1.29, 1.82) is 0 Å². The topological polar surface area (TPSA) is 40.5 Å². The Morgan fingerprint density at radius 3 is 3.23 bits per heavy atom. The van der Waals surface area contributed by atoms with Crippen LogP contribution in [0.15, 0.2) is 11.4 Å². The molecule has 1 aromatic heterocycles. The molecular weight excluding hydrogens is 186 g/mol. The van der Waals surface area contributed by atoms with Crippen molar-refractivity contribution in [3.63, 3.8) is 0 Å². The molecule has 0 spiro atoms. The number of aryl methyl sites for hydroxylation is 1. The van der Waals surface area contributed by atoms with Gasteiger partial charge in [0, 0.05) is 11.4 Å². The smallest absolute Gasteiger partial charge is 0.407 e. The van der Waals surface area contributed by atoms with Gasteiger partial charge >= 0.3 is 6.09 Å². The summed E-state index contributed by atoms with van der Waals surface area (Å²) in [7, 11) is 0. The molecule has 1 aliphatic heterocycles. The van der Waals surface area contributed by atoms with E-state index in [0.29, 0.717) is 13.1 Å². The van der Waals surface area contributed by atoms with Crippen LogP contribution in [-0.4, -0.2) is 22.6 Å². The van der Waals surface area contributed by atoms with E-state index >= 15 is 0 Å². The van der Waals surface area contributed by atoms with E-state index in [9.17, 15) is 4.79 Å². The van der Waals surface area contributed by atoms with Gasteiger partial charge in [-0.25, -0.2) is 4.79 Å². The minimum Gasteiger partial charge on any atom is -0.465 e. The second-order valence-electron chi connectivity index (χ2n) is 3.18. The standard InChI is InChI=1S/C9H11NO2S/c11-9(12)10-4-1-2-8-7(6-10)3-5-13-8/h3,5H,1-2,4,6H2,(H,11,12). The summed E-state index contributed by atoms with van der Waals surface area (Å²) in [5.74, 6) is 0. The van der Waals surface area contributed by atoms with E-state index in [2.05, 4.69) is 0 Å². The van der Waals surface area contributed by atoms with E-state index in [1.165, 1.54) is 15.3 Å². The molecule has 0 aliphatic carbocycles. The van der Waals surface area contributed by atoms with Crippen LogP contribution in [0.5, 0.6) is 0 Å². The minimum absolute atomic E-state index is 0.564. The van der Waals surface area contributed by atoms with Gasteiger partial charge in [-0.05, 0) is 29.9 Å². The first-order valence-corrected chi connectivity index (χ1v) is 5.18. The average molecular weight is 197 g/mol. The third-order valence-corrected chi connectivity index (χ3v) is 3.32. The maximum Gasteiger partial charge on any atom is 0.407 e. The van der Waals surface area contributed by atoms with E-state index in [1.807, 2.05) is 11.4 Å². The van der Waals surface area contributed by atoms with Gasteiger partial charge in [0.25, 0.3) is 0 Å². The first-order valence-electron chi connectivity index (χ1n) is 4.30. The highest BCUT2D eigenvalue weighted by atomic mass is 32.1.